The van der Waals surface area contributed by atoms with E-state index in [9.17, 15) is 22.8 Å². The van der Waals surface area contributed by atoms with Crippen LogP contribution in [0.4, 0.5) is 13.2 Å². The maximum atomic E-state index is 12.7. The molecule has 1 amide bonds. The molecule has 0 radical (unpaired) electrons. The van der Waals surface area contributed by atoms with Gasteiger partial charge in [0.2, 0.25) is 0 Å². The summed E-state index contributed by atoms with van der Waals surface area (Å²) in [4.78, 5) is 24.0. The van der Waals surface area contributed by atoms with Crippen LogP contribution in [0, 0.1) is 5.92 Å². The molecule has 0 aromatic heterocycles. The molecule has 0 aliphatic heterocycles. The maximum absolute atomic E-state index is 12.7. The van der Waals surface area contributed by atoms with Gasteiger partial charge in [0.25, 0.3) is 5.91 Å². The number of rotatable bonds is 7. The first-order valence-electron chi connectivity index (χ1n) is 9.29. The largest absolute Gasteiger partial charge is 0.452 e. The highest BCUT2D eigenvalue weighted by Gasteiger charge is 2.31. The molecule has 156 valence electrons. The Hall–Kier alpha value is -2.83. The van der Waals surface area contributed by atoms with E-state index in [-0.39, 0.29) is 11.6 Å². The zero-order valence-electron chi connectivity index (χ0n) is 16.5. The van der Waals surface area contributed by atoms with Crippen LogP contribution in [-0.4, -0.2) is 18.5 Å². The van der Waals surface area contributed by atoms with Crippen LogP contribution in [-0.2, 0) is 22.1 Å². The van der Waals surface area contributed by atoms with Gasteiger partial charge in [-0.1, -0.05) is 44.2 Å². The van der Waals surface area contributed by atoms with Gasteiger partial charge in [-0.2, -0.15) is 13.2 Å². The topological polar surface area (TPSA) is 55.4 Å². The number of hydrogen-bond donors (Lipinski definition) is 1. The Balaban J connectivity index is 1.88. The molecule has 1 atom stereocenters. The number of nitrogens with one attached hydrogen (secondary N) is 1. The molecule has 7 heteroatoms. The predicted molar refractivity (Wildman–Crippen MR) is 103 cm³/mol. The third kappa shape index (κ3) is 6.93. The summed E-state index contributed by atoms with van der Waals surface area (Å²) < 4.78 is 43.0. The van der Waals surface area contributed by atoms with Crippen molar-refractivity contribution in [2.75, 3.05) is 6.61 Å². The smallest absolute Gasteiger partial charge is 0.416 e. The Kier molecular flexibility index (Phi) is 7.42. The second-order valence-electron chi connectivity index (χ2n) is 7.28. The quantitative estimate of drug-likeness (QED) is 0.662. The van der Waals surface area contributed by atoms with Crippen molar-refractivity contribution in [3.63, 3.8) is 0 Å². The molecule has 0 bridgehead atoms. The monoisotopic (exact) mass is 407 g/mol. The highest BCUT2D eigenvalue weighted by molar-refractivity contribution is 5.91. The van der Waals surface area contributed by atoms with E-state index in [0.29, 0.717) is 12.0 Å². The molecule has 0 saturated carbocycles. The molecular weight excluding hydrogens is 383 g/mol. The van der Waals surface area contributed by atoms with Crippen molar-refractivity contribution >= 4 is 11.9 Å². The van der Waals surface area contributed by atoms with E-state index in [1.54, 1.807) is 6.92 Å². The molecule has 1 N–H and O–H groups in total. The lowest BCUT2D eigenvalue weighted by atomic mass is 10.00. The van der Waals surface area contributed by atoms with E-state index in [2.05, 4.69) is 19.2 Å². The van der Waals surface area contributed by atoms with Gasteiger partial charge in [-0.15, -0.1) is 0 Å². The number of carbonyl (C=O) groups excluding carboxylic acids is 2. The zero-order chi connectivity index (χ0) is 21.6. The van der Waals surface area contributed by atoms with Crippen molar-refractivity contribution in [1.82, 2.24) is 5.32 Å². The minimum atomic E-state index is -4.56. The lowest BCUT2D eigenvalue weighted by Crippen LogP contribution is -2.31. The predicted octanol–water partition coefficient (Wildman–Crippen LogP) is 4.94. The number of amides is 1. The van der Waals surface area contributed by atoms with E-state index in [1.165, 1.54) is 11.6 Å². The Bertz CT molecular complexity index is 845. The second-order valence-corrected chi connectivity index (χ2v) is 7.28. The average Bonchev–Trinajstić information content (AvgIpc) is 2.65. The summed E-state index contributed by atoms with van der Waals surface area (Å²) in [5.41, 5.74) is 0.889. The summed E-state index contributed by atoms with van der Waals surface area (Å²) in [6, 6.07) is 11.4. The number of hydrogen-bond acceptors (Lipinski definition) is 3. The highest BCUT2D eigenvalue weighted by Crippen LogP contribution is 2.29. The lowest BCUT2D eigenvalue weighted by molar-refractivity contribution is -0.137. The normalized spacial score (nSPS) is 12.5. The molecule has 0 spiro atoms. The Morgan fingerprint density at radius 3 is 2.28 bits per heavy atom. The molecule has 4 nitrogen and oxygen atoms in total. The number of carbonyl (C=O) groups is 2. The number of benzene rings is 2. The number of alkyl halides is 3. The Morgan fingerprint density at radius 1 is 1.03 bits per heavy atom. The summed E-state index contributed by atoms with van der Waals surface area (Å²) in [6.45, 7) is 5.49. The minimum Gasteiger partial charge on any atom is -0.452 e. The van der Waals surface area contributed by atoms with Crippen LogP contribution >= 0.6 is 0 Å². The van der Waals surface area contributed by atoms with Gasteiger partial charge >= 0.3 is 12.1 Å². The zero-order valence-corrected chi connectivity index (χ0v) is 16.5. The van der Waals surface area contributed by atoms with Crippen molar-refractivity contribution < 1.29 is 27.5 Å². The van der Waals surface area contributed by atoms with Crippen LogP contribution in [0.5, 0.6) is 0 Å². The van der Waals surface area contributed by atoms with Crippen molar-refractivity contribution in [3.8, 4) is 0 Å². The highest BCUT2D eigenvalue weighted by atomic mass is 19.4. The maximum Gasteiger partial charge on any atom is 0.416 e. The molecule has 2 aromatic carbocycles. The fraction of sp³-hybridized carbons (Fsp3) is 0.364. The Morgan fingerprint density at radius 2 is 1.69 bits per heavy atom. The van der Waals surface area contributed by atoms with Gasteiger partial charge in [-0.25, -0.2) is 4.79 Å². The second kappa shape index (κ2) is 9.58. The van der Waals surface area contributed by atoms with Crippen LogP contribution in [0.15, 0.2) is 48.5 Å². The lowest BCUT2D eigenvalue weighted by Gasteiger charge is -2.15. The summed E-state index contributed by atoms with van der Waals surface area (Å²) in [5.74, 6) is -0.981. The molecule has 0 unspecified atom stereocenters. The summed E-state index contributed by atoms with van der Waals surface area (Å²) in [5, 5.41) is 2.70. The first-order valence-corrected chi connectivity index (χ1v) is 9.29. The number of esters is 1. The van der Waals surface area contributed by atoms with Gasteiger partial charge in [-0.05, 0) is 48.6 Å². The summed E-state index contributed by atoms with van der Waals surface area (Å²) in [6.07, 6.45) is -3.60. The van der Waals surface area contributed by atoms with Crippen molar-refractivity contribution in [3.05, 3.63) is 70.8 Å². The van der Waals surface area contributed by atoms with E-state index in [1.807, 2.05) is 24.3 Å². The third-order valence-corrected chi connectivity index (χ3v) is 4.26. The van der Waals surface area contributed by atoms with Crippen LogP contribution in [0.1, 0.15) is 53.9 Å². The van der Waals surface area contributed by atoms with Crippen LogP contribution in [0.25, 0.3) is 0 Å². The fourth-order valence-corrected chi connectivity index (χ4v) is 2.82. The molecule has 2 aromatic rings. The van der Waals surface area contributed by atoms with E-state index < -0.39 is 30.2 Å². The van der Waals surface area contributed by atoms with Crippen molar-refractivity contribution in [2.24, 2.45) is 5.92 Å². The SMILES string of the molecule is CC(C)Cc1ccc([C@@H](C)NC(=O)COC(=O)c2cccc(C(F)(F)F)c2)cc1. The van der Waals surface area contributed by atoms with Gasteiger partial charge in [-0.3, -0.25) is 4.79 Å². The average molecular weight is 407 g/mol. The molecule has 0 fully saturated rings. The molecular formula is C22H24F3NO3. The van der Waals surface area contributed by atoms with Gasteiger partial charge in [0.05, 0.1) is 17.2 Å². The third-order valence-electron chi connectivity index (χ3n) is 4.26. The molecule has 0 aliphatic rings. The van der Waals surface area contributed by atoms with Gasteiger partial charge in [0.1, 0.15) is 0 Å². The van der Waals surface area contributed by atoms with Crippen molar-refractivity contribution in [2.45, 2.75) is 39.4 Å². The van der Waals surface area contributed by atoms with E-state index in [4.69, 9.17) is 4.74 Å². The van der Waals surface area contributed by atoms with E-state index in [0.717, 1.165) is 24.1 Å². The molecule has 0 heterocycles. The standard InChI is InChI=1S/C22H24F3NO3/c1-14(2)11-16-7-9-17(10-8-16)15(3)26-20(27)13-29-21(28)18-5-4-6-19(12-18)22(23,24)25/h4-10,12,14-15H,11,13H2,1-3H3,(H,26,27)/t15-/m1/s1. The van der Waals surface area contributed by atoms with Crippen molar-refractivity contribution in [1.29, 1.82) is 0 Å². The number of halogens is 3. The number of ether oxygens (including phenoxy) is 1. The first kappa shape index (κ1) is 22.5. The molecule has 29 heavy (non-hydrogen) atoms. The fourth-order valence-electron chi connectivity index (χ4n) is 2.82. The van der Waals surface area contributed by atoms with Crippen LogP contribution < -0.4 is 5.32 Å². The minimum absolute atomic E-state index is 0.263. The van der Waals surface area contributed by atoms with Crippen LogP contribution in [0.2, 0.25) is 0 Å². The summed E-state index contributed by atoms with van der Waals surface area (Å²) in [7, 11) is 0. The Labute approximate surface area is 168 Å². The van der Waals surface area contributed by atoms with Gasteiger partial charge in [0, 0.05) is 0 Å². The van der Waals surface area contributed by atoms with Gasteiger partial charge < -0.3 is 10.1 Å². The molecule has 2 rings (SSSR count). The van der Waals surface area contributed by atoms with Gasteiger partial charge in [0.15, 0.2) is 6.61 Å². The summed E-state index contributed by atoms with van der Waals surface area (Å²) >= 11 is 0. The van der Waals surface area contributed by atoms with E-state index >= 15 is 0 Å². The molecule has 0 aliphatic carbocycles. The molecule has 0 saturated heterocycles. The first-order chi connectivity index (χ1) is 13.6. The van der Waals surface area contributed by atoms with Crippen LogP contribution in [0.3, 0.4) is 0 Å².